The van der Waals surface area contributed by atoms with E-state index in [0.29, 0.717) is 5.89 Å². The van der Waals surface area contributed by atoms with Gasteiger partial charge in [-0.25, -0.2) is 4.98 Å². The lowest BCUT2D eigenvalue weighted by Crippen LogP contribution is -2.43. The second-order valence-corrected chi connectivity index (χ2v) is 7.78. The highest BCUT2D eigenvalue weighted by Crippen LogP contribution is 2.19. The smallest absolute Gasteiger partial charge is 0.226 e. The molecule has 0 fully saturated rings. The first-order valence-corrected chi connectivity index (χ1v) is 10.3. The van der Waals surface area contributed by atoms with E-state index in [9.17, 15) is 0 Å². The van der Waals surface area contributed by atoms with Gasteiger partial charge < -0.3 is 15.1 Å². The summed E-state index contributed by atoms with van der Waals surface area (Å²) in [6, 6.07) is 8.42. The van der Waals surface area contributed by atoms with Crippen molar-refractivity contribution in [3.63, 3.8) is 0 Å². The molecule has 0 radical (unpaired) electrons. The molecule has 0 amide bonds. The maximum atomic E-state index is 5.64. The molecule has 2 aromatic heterocycles. The van der Waals surface area contributed by atoms with Crippen molar-refractivity contribution in [1.29, 1.82) is 0 Å². The average Bonchev–Trinajstić information content (AvgIpc) is 3.28. The van der Waals surface area contributed by atoms with Gasteiger partial charge in [0.2, 0.25) is 5.89 Å². The second-order valence-electron chi connectivity index (χ2n) is 7.78. The van der Waals surface area contributed by atoms with Crippen molar-refractivity contribution in [2.24, 2.45) is 12.0 Å². The minimum atomic E-state index is 0.234. The normalized spacial score (nSPS) is 12.8. The van der Waals surface area contributed by atoms with E-state index in [2.05, 4.69) is 65.5 Å². The fourth-order valence-corrected chi connectivity index (χ4v) is 3.46. The van der Waals surface area contributed by atoms with E-state index in [1.54, 1.807) is 13.3 Å². The van der Waals surface area contributed by atoms with E-state index in [1.165, 1.54) is 16.8 Å². The first-order valence-electron chi connectivity index (χ1n) is 10.3. The molecule has 0 aliphatic carbocycles. The van der Waals surface area contributed by atoms with Gasteiger partial charge in [0, 0.05) is 44.4 Å². The molecule has 3 rings (SSSR count). The van der Waals surface area contributed by atoms with E-state index in [4.69, 9.17) is 4.42 Å². The van der Waals surface area contributed by atoms with Gasteiger partial charge in [0.05, 0.1) is 11.4 Å². The maximum absolute atomic E-state index is 5.64. The summed E-state index contributed by atoms with van der Waals surface area (Å²) in [6.07, 6.45) is 3.38. The van der Waals surface area contributed by atoms with Crippen molar-refractivity contribution in [1.82, 2.24) is 25.4 Å². The van der Waals surface area contributed by atoms with Crippen molar-refractivity contribution in [3.05, 3.63) is 58.7 Å². The van der Waals surface area contributed by atoms with Gasteiger partial charge in [-0.15, -0.1) is 0 Å². The summed E-state index contributed by atoms with van der Waals surface area (Å²) < 4.78 is 7.57. The van der Waals surface area contributed by atoms with Crippen molar-refractivity contribution < 1.29 is 4.42 Å². The third kappa shape index (κ3) is 5.28. The van der Waals surface area contributed by atoms with Crippen LogP contribution in [0.2, 0.25) is 0 Å². The van der Waals surface area contributed by atoms with E-state index in [0.717, 1.165) is 42.3 Å². The molecule has 0 aliphatic heterocycles. The third-order valence-corrected chi connectivity index (χ3v) is 5.30. The minimum absolute atomic E-state index is 0.234. The molecule has 7 nitrogen and oxygen atoms in total. The molecule has 3 aromatic rings. The highest BCUT2D eigenvalue weighted by molar-refractivity contribution is 5.79. The number of guanidine groups is 1. The lowest BCUT2D eigenvalue weighted by atomic mass is 10.1. The summed E-state index contributed by atoms with van der Waals surface area (Å²) in [5, 5.41) is 11.3. The Labute approximate surface area is 178 Å². The maximum Gasteiger partial charge on any atom is 0.226 e. The summed E-state index contributed by atoms with van der Waals surface area (Å²) in [7, 11) is 3.77. The number of hydrogen-bond donors (Lipinski definition) is 2. The fraction of sp³-hybridized carbons (Fsp3) is 0.435. The van der Waals surface area contributed by atoms with E-state index in [-0.39, 0.29) is 6.04 Å². The minimum Gasteiger partial charge on any atom is -0.444 e. The lowest BCUT2D eigenvalue weighted by Gasteiger charge is -2.18. The van der Waals surface area contributed by atoms with Crippen LogP contribution < -0.4 is 10.6 Å². The van der Waals surface area contributed by atoms with Crippen LogP contribution in [0.1, 0.15) is 35.1 Å². The molecule has 160 valence electrons. The monoisotopic (exact) mass is 408 g/mol. The Kier molecular flexibility index (Phi) is 6.92. The Morgan fingerprint density at radius 2 is 1.93 bits per heavy atom. The summed E-state index contributed by atoms with van der Waals surface area (Å²) >= 11 is 0. The molecule has 1 unspecified atom stereocenters. The Morgan fingerprint density at radius 1 is 1.20 bits per heavy atom. The first kappa shape index (κ1) is 21.6. The number of benzene rings is 1. The molecule has 2 heterocycles. The highest BCUT2D eigenvalue weighted by Gasteiger charge is 2.14. The standard InChI is InChI=1S/C23H32N6O/c1-15-7-9-19(10-8-15)22-27-20(14-30-22)11-12-25-23(24-5)26-16(2)13-21-17(3)28-29(6)18(21)4/h7-10,14,16H,11-13H2,1-6H3,(H2,24,25,26). The van der Waals surface area contributed by atoms with Gasteiger partial charge in [0.25, 0.3) is 0 Å². The van der Waals surface area contributed by atoms with Crippen LogP contribution in [0, 0.1) is 20.8 Å². The van der Waals surface area contributed by atoms with Crippen LogP contribution in [0.4, 0.5) is 0 Å². The zero-order chi connectivity index (χ0) is 21.7. The number of aryl methyl sites for hydroxylation is 3. The van der Waals surface area contributed by atoms with Crippen molar-refractivity contribution in [2.75, 3.05) is 13.6 Å². The van der Waals surface area contributed by atoms with E-state index >= 15 is 0 Å². The summed E-state index contributed by atoms with van der Waals surface area (Å²) in [5.74, 6) is 1.44. The zero-order valence-electron chi connectivity index (χ0n) is 18.8. The van der Waals surface area contributed by atoms with Gasteiger partial charge in [0.15, 0.2) is 5.96 Å². The number of nitrogens with one attached hydrogen (secondary N) is 2. The molecule has 7 heteroatoms. The Balaban J connectivity index is 1.49. The molecular formula is C23H32N6O. The topological polar surface area (TPSA) is 80.3 Å². The Hall–Kier alpha value is -3.09. The van der Waals surface area contributed by atoms with Gasteiger partial charge >= 0.3 is 0 Å². The molecule has 0 saturated heterocycles. The van der Waals surface area contributed by atoms with Gasteiger partial charge in [-0.3, -0.25) is 9.67 Å². The molecule has 30 heavy (non-hydrogen) atoms. The highest BCUT2D eigenvalue weighted by atomic mass is 16.3. The molecular weight excluding hydrogens is 376 g/mol. The zero-order valence-corrected chi connectivity index (χ0v) is 18.8. The van der Waals surface area contributed by atoms with Crippen LogP contribution in [-0.4, -0.2) is 40.4 Å². The molecule has 0 aliphatic rings. The number of oxazole rings is 1. The van der Waals surface area contributed by atoms with Crippen LogP contribution in [-0.2, 0) is 19.9 Å². The third-order valence-electron chi connectivity index (χ3n) is 5.30. The molecule has 0 saturated carbocycles. The van der Waals surface area contributed by atoms with Crippen LogP contribution in [0.5, 0.6) is 0 Å². The largest absolute Gasteiger partial charge is 0.444 e. The Morgan fingerprint density at radius 3 is 2.57 bits per heavy atom. The summed E-state index contributed by atoms with van der Waals surface area (Å²) in [4.78, 5) is 8.94. The SMILES string of the molecule is CN=C(NCCc1coc(-c2ccc(C)cc2)n1)NC(C)Cc1c(C)nn(C)c1C. The predicted molar refractivity (Wildman–Crippen MR) is 121 cm³/mol. The molecule has 0 bridgehead atoms. The van der Waals surface area contributed by atoms with Crippen LogP contribution >= 0.6 is 0 Å². The summed E-state index contributed by atoms with van der Waals surface area (Å²) in [6.45, 7) is 9.11. The second kappa shape index (κ2) is 9.61. The van der Waals surface area contributed by atoms with Crippen LogP contribution in [0.15, 0.2) is 39.9 Å². The lowest BCUT2D eigenvalue weighted by molar-refractivity contribution is 0.572. The number of rotatable bonds is 7. The van der Waals surface area contributed by atoms with Gasteiger partial charge in [-0.1, -0.05) is 17.7 Å². The van der Waals surface area contributed by atoms with Crippen molar-refractivity contribution in [2.45, 2.75) is 46.6 Å². The van der Waals surface area contributed by atoms with Crippen molar-refractivity contribution >= 4 is 5.96 Å². The van der Waals surface area contributed by atoms with Crippen molar-refractivity contribution in [3.8, 4) is 11.5 Å². The fourth-order valence-electron chi connectivity index (χ4n) is 3.46. The number of hydrogen-bond acceptors (Lipinski definition) is 4. The van der Waals surface area contributed by atoms with Crippen LogP contribution in [0.3, 0.4) is 0 Å². The molecule has 1 atom stereocenters. The molecule has 0 spiro atoms. The van der Waals surface area contributed by atoms with Gasteiger partial charge in [-0.2, -0.15) is 5.10 Å². The first-order chi connectivity index (χ1) is 14.4. The number of aliphatic imine (C=N–C) groups is 1. The Bertz CT molecular complexity index is 999. The summed E-state index contributed by atoms with van der Waals surface area (Å²) in [5.41, 5.74) is 6.72. The molecule has 2 N–H and O–H groups in total. The number of aromatic nitrogens is 3. The quantitative estimate of drug-likeness (QED) is 0.463. The molecule has 1 aromatic carbocycles. The van der Waals surface area contributed by atoms with E-state index < -0.39 is 0 Å². The average molecular weight is 409 g/mol. The predicted octanol–water partition coefficient (Wildman–Crippen LogP) is 3.34. The van der Waals surface area contributed by atoms with E-state index in [1.807, 2.05) is 23.9 Å². The van der Waals surface area contributed by atoms with Crippen LogP contribution in [0.25, 0.3) is 11.5 Å². The van der Waals surface area contributed by atoms with Gasteiger partial charge in [0.1, 0.15) is 6.26 Å². The van der Waals surface area contributed by atoms with Gasteiger partial charge in [-0.05, 0) is 51.8 Å². The number of nitrogens with zero attached hydrogens (tertiary/aromatic N) is 4.